The van der Waals surface area contributed by atoms with Gasteiger partial charge in [-0.1, -0.05) is 303 Å². The van der Waals surface area contributed by atoms with Crippen LogP contribution >= 0.6 is 0 Å². The van der Waals surface area contributed by atoms with Gasteiger partial charge in [0, 0.05) is 12.8 Å². The van der Waals surface area contributed by atoms with E-state index in [4.69, 9.17) is 18.9 Å². The van der Waals surface area contributed by atoms with Crippen molar-refractivity contribution in [2.75, 3.05) is 47.5 Å². The molecule has 500 valence electrons. The predicted molar refractivity (Wildman–Crippen MR) is 370 cm³/mol. The Labute approximate surface area is 536 Å². The SMILES string of the molecule is CC/C=C\C/C=C\C/C=C\C/C=C\C/C=C\C/C=C\CCCCCCCCCCCCCCCCCCCCC(=O)OC(COC(=O)CCCCCCCCCCCC/C=C\C/C=C\C/C=C\CCCCCCC)COC(OCC[N+](C)(C)C)C(=O)[O-]. The molecule has 0 aliphatic heterocycles. The Hall–Kier alpha value is -4.05. The highest BCUT2D eigenvalue weighted by atomic mass is 16.7. The molecule has 0 heterocycles. The number of allylic oxidation sites excluding steroid dienone is 18. The third kappa shape index (κ3) is 69.3. The van der Waals surface area contributed by atoms with E-state index < -0.39 is 24.3 Å². The molecular formula is C78H135NO8. The van der Waals surface area contributed by atoms with Crippen molar-refractivity contribution < 1.29 is 42.9 Å². The van der Waals surface area contributed by atoms with Crippen molar-refractivity contribution in [2.24, 2.45) is 0 Å². The molecular weight excluding hydrogens is 1080 g/mol. The number of unbranched alkanes of at least 4 members (excludes halogenated alkanes) is 33. The summed E-state index contributed by atoms with van der Waals surface area (Å²) >= 11 is 0. The fraction of sp³-hybridized carbons (Fsp3) is 0.731. The van der Waals surface area contributed by atoms with Crippen molar-refractivity contribution in [1.29, 1.82) is 0 Å². The number of ether oxygens (including phenoxy) is 4. The van der Waals surface area contributed by atoms with Gasteiger partial charge in [0.2, 0.25) is 0 Å². The molecule has 9 nitrogen and oxygen atoms in total. The molecule has 0 aliphatic carbocycles. The summed E-state index contributed by atoms with van der Waals surface area (Å²) < 4.78 is 22.8. The first-order valence-corrected chi connectivity index (χ1v) is 36.0. The molecule has 0 aliphatic rings. The maximum absolute atomic E-state index is 12.9. The van der Waals surface area contributed by atoms with E-state index in [0.717, 1.165) is 89.9 Å². The topological polar surface area (TPSA) is 111 Å². The average molecular weight is 1210 g/mol. The molecule has 2 atom stereocenters. The van der Waals surface area contributed by atoms with E-state index in [-0.39, 0.29) is 38.6 Å². The number of nitrogens with zero attached hydrogens (tertiary/aromatic N) is 1. The van der Waals surface area contributed by atoms with E-state index >= 15 is 0 Å². The largest absolute Gasteiger partial charge is 0.545 e. The van der Waals surface area contributed by atoms with Crippen molar-refractivity contribution in [1.82, 2.24) is 0 Å². The Morgan fingerprint density at radius 1 is 0.356 bits per heavy atom. The number of carbonyl (C=O) groups is 3. The maximum Gasteiger partial charge on any atom is 0.306 e. The number of aliphatic carboxylic acids is 1. The molecule has 0 aromatic carbocycles. The van der Waals surface area contributed by atoms with E-state index in [1.165, 1.54) is 186 Å². The monoisotopic (exact) mass is 1210 g/mol. The molecule has 9 heteroatoms. The third-order valence-electron chi connectivity index (χ3n) is 15.5. The number of hydrogen-bond acceptors (Lipinski definition) is 8. The van der Waals surface area contributed by atoms with Gasteiger partial charge in [-0.05, 0) is 103 Å². The maximum atomic E-state index is 12.9. The lowest BCUT2D eigenvalue weighted by Gasteiger charge is -2.26. The van der Waals surface area contributed by atoms with Crippen LogP contribution in [0.4, 0.5) is 0 Å². The Morgan fingerprint density at radius 3 is 0.977 bits per heavy atom. The molecule has 0 bridgehead atoms. The van der Waals surface area contributed by atoms with Gasteiger partial charge in [-0.15, -0.1) is 0 Å². The normalized spacial score (nSPS) is 13.3. The summed E-state index contributed by atoms with van der Waals surface area (Å²) in [5, 5.41) is 11.8. The minimum Gasteiger partial charge on any atom is -0.545 e. The van der Waals surface area contributed by atoms with Crippen LogP contribution in [0.3, 0.4) is 0 Å². The number of quaternary nitrogens is 1. The average Bonchev–Trinajstić information content (AvgIpc) is 3.57. The number of likely N-dealkylation sites (N-methyl/N-ethyl adjacent to an activating group) is 1. The molecule has 0 saturated heterocycles. The zero-order valence-electron chi connectivity index (χ0n) is 57.1. The van der Waals surface area contributed by atoms with Crippen molar-refractivity contribution in [3.8, 4) is 0 Å². The molecule has 0 amide bonds. The van der Waals surface area contributed by atoms with Crippen LogP contribution in [0, 0.1) is 0 Å². The molecule has 0 aromatic rings. The van der Waals surface area contributed by atoms with Gasteiger partial charge in [-0.25, -0.2) is 0 Å². The number of carboxylic acid groups (broad SMARTS) is 1. The Morgan fingerprint density at radius 2 is 0.655 bits per heavy atom. The van der Waals surface area contributed by atoms with Gasteiger partial charge in [0.1, 0.15) is 13.2 Å². The van der Waals surface area contributed by atoms with E-state index in [1.807, 2.05) is 21.1 Å². The second-order valence-electron chi connectivity index (χ2n) is 25.1. The van der Waals surface area contributed by atoms with Gasteiger partial charge in [-0.2, -0.15) is 0 Å². The van der Waals surface area contributed by atoms with Crippen molar-refractivity contribution >= 4 is 17.9 Å². The fourth-order valence-electron chi connectivity index (χ4n) is 10.0. The molecule has 0 radical (unpaired) electrons. The number of rotatable bonds is 66. The Bertz CT molecular complexity index is 1800. The van der Waals surface area contributed by atoms with Crippen LogP contribution in [0.1, 0.15) is 309 Å². The van der Waals surface area contributed by atoms with Gasteiger partial charge in [-0.3, -0.25) is 9.59 Å². The molecule has 0 rings (SSSR count). The first-order valence-electron chi connectivity index (χ1n) is 36.0. The van der Waals surface area contributed by atoms with Crippen LogP contribution in [-0.4, -0.2) is 82.3 Å². The molecule has 2 unspecified atom stereocenters. The number of hydrogen-bond donors (Lipinski definition) is 0. The fourth-order valence-corrected chi connectivity index (χ4v) is 10.0. The highest BCUT2D eigenvalue weighted by molar-refractivity contribution is 5.70. The van der Waals surface area contributed by atoms with Gasteiger partial charge in [0.15, 0.2) is 12.4 Å². The van der Waals surface area contributed by atoms with Gasteiger partial charge < -0.3 is 33.3 Å². The van der Waals surface area contributed by atoms with Crippen LogP contribution in [0.2, 0.25) is 0 Å². The van der Waals surface area contributed by atoms with Crippen molar-refractivity contribution in [3.05, 3.63) is 109 Å². The minimum atomic E-state index is -1.63. The predicted octanol–water partition coefficient (Wildman–Crippen LogP) is 21.2. The molecule has 0 aromatic heterocycles. The standard InChI is InChI=1S/C78H135NO8/c1-6-8-10-12-14-16-18-20-22-24-26-28-30-32-33-34-35-36-37-38-39-40-41-42-43-45-47-49-51-53-55-57-59-61-63-65-67-69-76(81)87-74(73-86-78(77(82)83)84-71-70-79(3,4)5)72-85-75(80)68-66-64-62-60-58-56-54-52-50-48-46-44-31-29-27-25-23-21-19-17-15-13-11-9-7-2/h8,10,14,16,19-22,25-28,31-33,35-36,44,74,78H,6-7,9,11-13,15,17-18,23-24,29-30,34,37-43,45-73H2,1-5H3/b10-8-,16-14-,21-19-,22-20-,27-25-,28-26-,33-32-,36-35-,44-31-. The zero-order valence-corrected chi connectivity index (χ0v) is 57.1. The summed E-state index contributed by atoms with van der Waals surface area (Å²) in [4.78, 5) is 37.5. The summed E-state index contributed by atoms with van der Waals surface area (Å²) in [6.07, 6.45) is 91.7. The lowest BCUT2D eigenvalue weighted by molar-refractivity contribution is -0.870. The summed E-state index contributed by atoms with van der Waals surface area (Å²) in [7, 11) is 5.93. The summed E-state index contributed by atoms with van der Waals surface area (Å²) in [5.41, 5.74) is 0. The van der Waals surface area contributed by atoms with Crippen LogP contribution in [0.5, 0.6) is 0 Å². The smallest absolute Gasteiger partial charge is 0.306 e. The number of carbonyl (C=O) groups excluding carboxylic acids is 3. The number of carboxylic acids is 1. The van der Waals surface area contributed by atoms with E-state index in [0.29, 0.717) is 17.4 Å². The molecule has 0 N–H and O–H groups in total. The lowest BCUT2D eigenvalue weighted by Crippen LogP contribution is -2.44. The second-order valence-corrected chi connectivity index (χ2v) is 25.1. The molecule has 0 saturated carbocycles. The van der Waals surface area contributed by atoms with E-state index in [2.05, 4.69) is 123 Å². The van der Waals surface area contributed by atoms with Crippen LogP contribution in [-0.2, 0) is 33.3 Å². The quantitative estimate of drug-likeness (QED) is 0.0195. The Balaban J connectivity index is 4.08. The molecule has 0 fully saturated rings. The summed E-state index contributed by atoms with van der Waals surface area (Å²) in [5.74, 6) is -2.28. The van der Waals surface area contributed by atoms with Crippen molar-refractivity contribution in [2.45, 2.75) is 322 Å². The lowest BCUT2D eigenvalue weighted by atomic mass is 10.0. The van der Waals surface area contributed by atoms with E-state index in [9.17, 15) is 19.5 Å². The van der Waals surface area contributed by atoms with Gasteiger partial charge in [0.05, 0.1) is 40.3 Å². The molecule has 0 spiro atoms. The van der Waals surface area contributed by atoms with E-state index in [1.54, 1.807) is 0 Å². The van der Waals surface area contributed by atoms with Crippen LogP contribution in [0.25, 0.3) is 0 Å². The van der Waals surface area contributed by atoms with Gasteiger partial charge >= 0.3 is 11.9 Å². The first-order chi connectivity index (χ1) is 42.6. The van der Waals surface area contributed by atoms with Gasteiger partial charge in [0.25, 0.3) is 0 Å². The summed E-state index contributed by atoms with van der Waals surface area (Å²) in [6.45, 7) is 4.64. The van der Waals surface area contributed by atoms with Crippen LogP contribution in [0.15, 0.2) is 109 Å². The summed E-state index contributed by atoms with van der Waals surface area (Å²) in [6, 6.07) is 0. The number of esters is 2. The zero-order chi connectivity index (χ0) is 63.3. The second kappa shape index (κ2) is 67.9. The van der Waals surface area contributed by atoms with Crippen molar-refractivity contribution in [3.63, 3.8) is 0 Å². The van der Waals surface area contributed by atoms with Crippen LogP contribution < -0.4 is 5.11 Å². The molecule has 87 heavy (non-hydrogen) atoms. The highest BCUT2D eigenvalue weighted by Crippen LogP contribution is 2.17. The minimum absolute atomic E-state index is 0.144. The third-order valence-corrected chi connectivity index (χ3v) is 15.5. The first kappa shape index (κ1) is 83.0. The Kier molecular flexibility index (Phi) is 64.7. The highest BCUT2D eigenvalue weighted by Gasteiger charge is 2.22.